The summed E-state index contributed by atoms with van der Waals surface area (Å²) in [6, 6.07) is 0. The van der Waals surface area contributed by atoms with E-state index in [0.29, 0.717) is 5.54 Å². The minimum atomic E-state index is 0.314. The number of hydrogen-bond donors (Lipinski definition) is 1. The Hall–Kier alpha value is -0.160. The molecule has 0 saturated carbocycles. The fourth-order valence-electron chi connectivity index (χ4n) is 3.28. The van der Waals surface area contributed by atoms with E-state index in [1.165, 1.54) is 32.5 Å². The Bertz CT molecular complexity index is 251. The summed E-state index contributed by atoms with van der Waals surface area (Å²) in [6.45, 7) is 13.2. The number of rotatable bonds is 4. The molecule has 4 heteroatoms. The fraction of sp³-hybridized carbons (Fsp3) is 1.00. The van der Waals surface area contributed by atoms with Crippen molar-refractivity contribution >= 4 is 0 Å². The standard InChI is InChI=1S/C14H29N3O/c1-14(2)11-13(12-15)3-4-17(14)6-5-16-7-9-18-10-8-16/h13H,3-12,15H2,1-2H3. The van der Waals surface area contributed by atoms with E-state index in [2.05, 4.69) is 23.6 Å². The zero-order chi connectivity index (χ0) is 13.0. The normalized spacial score (nSPS) is 30.5. The minimum Gasteiger partial charge on any atom is -0.379 e. The monoisotopic (exact) mass is 255 g/mol. The Kier molecular flexibility index (Phi) is 5.01. The van der Waals surface area contributed by atoms with Gasteiger partial charge in [-0.05, 0) is 45.7 Å². The largest absolute Gasteiger partial charge is 0.379 e. The highest BCUT2D eigenvalue weighted by atomic mass is 16.5. The lowest BCUT2D eigenvalue weighted by Gasteiger charge is -2.46. The van der Waals surface area contributed by atoms with Crippen LogP contribution in [-0.2, 0) is 4.74 Å². The number of hydrogen-bond acceptors (Lipinski definition) is 4. The number of nitrogens with two attached hydrogens (primary N) is 1. The SMILES string of the molecule is CC1(C)CC(CN)CCN1CCN1CCOCC1. The summed E-state index contributed by atoms with van der Waals surface area (Å²) in [6.07, 6.45) is 2.51. The lowest BCUT2D eigenvalue weighted by Crippen LogP contribution is -2.53. The van der Waals surface area contributed by atoms with Crippen LogP contribution in [-0.4, -0.2) is 67.8 Å². The van der Waals surface area contributed by atoms with E-state index in [9.17, 15) is 0 Å². The minimum absolute atomic E-state index is 0.314. The van der Waals surface area contributed by atoms with Gasteiger partial charge in [0, 0.05) is 31.7 Å². The molecule has 2 fully saturated rings. The summed E-state index contributed by atoms with van der Waals surface area (Å²) in [4.78, 5) is 5.17. The van der Waals surface area contributed by atoms with Crippen molar-refractivity contribution < 1.29 is 4.74 Å². The average Bonchev–Trinajstić information content (AvgIpc) is 2.37. The van der Waals surface area contributed by atoms with Gasteiger partial charge in [0.1, 0.15) is 0 Å². The smallest absolute Gasteiger partial charge is 0.0594 e. The molecule has 18 heavy (non-hydrogen) atoms. The summed E-state index contributed by atoms with van der Waals surface area (Å²) < 4.78 is 5.39. The molecule has 0 bridgehead atoms. The maximum Gasteiger partial charge on any atom is 0.0594 e. The second-order valence-corrected chi connectivity index (χ2v) is 6.35. The summed E-state index contributed by atoms with van der Waals surface area (Å²) >= 11 is 0. The lowest BCUT2D eigenvalue weighted by atomic mass is 9.82. The van der Waals surface area contributed by atoms with Gasteiger partial charge in [-0.1, -0.05) is 0 Å². The van der Waals surface area contributed by atoms with Gasteiger partial charge < -0.3 is 10.5 Å². The molecule has 0 aromatic carbocycles. The number of nitrogens with zero attached hydrogens (tertiary/aromatic N) is 2. The zero-order valence-corrected chi connectivity index (χ0v) is 12.0. The van der Waals surface area contributed by atoms with Crippen LogP contribution in [0, 0.1) is 5.92 Å². The van der Waals surface area contributed by atoms with Crippen molar-refractivity contribution in [2.24, 2.45) is 11.7 Å². The Morgan fingerprint density at radius 3 is 2.50 bits per heavy atom. The van der Waals surface area contributed by atoms with E-state index in [1.807, 2.05) is 0 Å². The zero-order valence-electron chi connectivity index (χ0n) is 12.0. The van der Waals surface area contributed by atoms with Crippen molar-refractivity contribution in [1.29, 1.82) is 0 Å². The van der Waals surface area contributed by atoms with E-state index in [0.717, 1.165) is 38.8 Å². The van der Waals surface area contributed by atoms with Crippen LogP contribution in [0.4, 0.5) is 0 Å². The van der Waals surface area contributed by atoms with Crippen molar-refractivity contribution in [1.82, 2.24) is 9.80 Å². The van der Waals surface area contributed by atoms with Gasteiger partial charge in [-0.2, -0.15) is 0 Å². The predicted molar refractivity (Wildman–Crippen MR) is 74.7 cm³/mol. The third-order valence-electron chi connectivity index (χ3n) is 4.57. The predicted octanol–water partition coefficient (Wildman–Crippen LogP) is 0.768. The van der Waals surface area contributed by atoms with Crippen molar-refractivity contribution in [3.8, 4) is 0 Å². The average molecular weight is 255 g/mol. The van der Waals surface area contributed by atoms with Crippen LogP contribution in [0.3, 0.4) is 0 Å². The van der Waals surface area contributed by atoms with Crippen molar-refractivity contribution in [2.45, 2.75) is 32.2 Å². The van der Waals surface area contributed by atoms with Crippen LogP contribution in [0.1, 0.15) is 26.7 Å². The maximum atomic E-state index is 5.82. The van der Waals surface area contributed by atoms with Crippen LogP contribution >= 0.6 is 0 Å². The summed E-state index contributed by atoms with van der Waals surface area (Å²) in [5.41, 5.74) is 6.13. The van der Waals surface area contributed by atoms with E-state index in [1.54, 1.807) is 0 Å². The van der Waals surface area contributed by atoms with Crippen molar-refractivity contribution in [2.75, 3.05) is 52.5 Å². The molecule has 0 aliphatic carbocycles. The lowest BCUT2D eigenvalue weighted by molar-refractivity contribution is 0.0104. The molecule has 2 aliphatic heterocycles. The van der Waals surface area contributed by atoms with E-state index >= 15 is 0 Å². The first-order chi connectivity index (χ1) is 8.62. The highest BCUT2D eigenvalue weighted by Crippen LogP contribution is 2.30. The number of ether oxygens (including phenoxy) is 1. The molecule has 2 saturated heterocycles. The first kappa shape index (κ1) is 14.3. The van der Waals surface area contributed by atoms with Crippen LogP contribution in [0.15, 0.2) is 0 Å². The van der Waals surface area contributed by atoms with Gasteiger partial charge >= 0.3 is 0 Å². The van der Waals surface area contributed by atoms with Gasteiger partial charge in [0.15, 0.2) is 0 Å². The molecule has 0 amide bonds. The highest BCUT2D eigenvalue weighted by molar-refractivity contribution is 4.90. The van der Waals surface area contributed by atoms with Gasteiger partial charge in [0.2, 0.25) is 0 Å². The Labute approximate surface area is 111 Å². The van der Waals surface area contributed by atoms with Crippen molar-refractivity contribution in [3.63, 3.8) is 0 Å². The molecule has 4 nitrogen and oxygen atoms in total. The third-order valence-corrected chi connectivity index (χ3v) is 4.57. The Morgan fingerprint density at radius 1 is 1.17 bits per heavy atom. The molecule has 2 rings (SSSR count). The van der Waals surface area contributed by atoms with Gasteiger partial charge in [-0.15, -0.1) is 0 Å². The van der Waals surface area contributed by atoms with E-state index in [4.69, 9.17) is 10.5 Å². The molecule has 0 radical (unpaired) electrons. The van der Waals surface area contributed by atoms with Crippen LogP contribution in [0.5, 0.6) is 0 Å². The maximum absolute atomic E-state index is 5.82. The Morgan fingerprint density at radius 2 is 1.89 bits per heavy atom. The van der Waals surface area contributed by atoms with E-state index < -0.39 is 0 Å². The summed E-state index contributed by atoms with van der Waals surface area (Å²) in [5.74, 6) is 0.722. The first-order valence-corrected chi connectivity index (χ1v) is 7.37. The number of piperidine rings is 1. The van der Waals surface area contributed by atoms with Crippen LogP contribution < -0.4 is 5.73 Å². The summed E-state index contributed by atoms with van der Waals surface area (Å²) in [5, 5.41) is 0. The Balaban J connectivity index is 1.78. The summed E-state index contributed by atoms with van der Waals surface area (Å²) in [7, 11) is 0. The molecule has 1 unspecified atom stereocenters. The molecule has 0 aromatic rings. The number of morpholine rings is 1. The molecule has 2 heterocycles. The fourth-order valence-corrected chi connectivity index (χ4v) is 3.28. The third kappa shape index (κ3) is 3.67. The molecule has 2 N–H and O–H groups in total. The first-order valence-electron chi connectivity index (χ1n) is 7.37. The molecule has 0 spiro atoms. The topological polar surface area (TPSA) is 41.7 Å². The molecule has 2 aliphatic rings. The molecule has 106 valence electrons. The van der Waals surface area contributed by atoms with Gasteiger partial charge in [0.25, 0.3) is 0 Å². The molecule has 0 aromatic heterocycles. The molecular formula is C14H29N3O. The van der Waals surface area contributed by atoms with Gasteiger partial charge in [-0.3, -0.25) is 9.80 Å². The van der Waals surface area contributed by atoms with Crippen LogP contribution in [0.25, 0.3) is 0 Å². The van der Waals surface area contributed by atoms with Gasteiger partial charge in [-0.25, -0.2) is 0 Å². The van der Waals surface area contributed by atoms with Crippen molar-refractivity contribution in [3.05, 3.63) is 0 Å². The highest BCUT2D eigenvalue weighted by Gasteiger charge is 2.33. The second-order valence-electron chi connectivity index (χ2n) is 6.35. The van der Waals surface area contributed by atoms with Crippen LogP contribution in [0.2, 0.25) is 0 Å². The van der Waals surface area contributed by atoms with E-state index in [-0.39, 0.29) is 0 Å². The number of likely N-dealkylation sites (tertiary alicyclic amines) is 1. The molecule has 1 atom stereocenters. The second kappa shape index (κ2) is 6.33. The van der Waals surface area contributed by atoms with Gasteiger partial charge in [0.05, 0.1) is 13.2 Å². The quantitative estimate of drug-likeness (QED) is 0.805. The molecular weight excluding hydrogens is 226 g/mol.